The van der Waals surface area contributed by atoms with Crippen LogP contribution in [0, 0.1) is 18.8 Å². The first-order valence-corrected chi connectivity index (χ1v) is 9.44. The number of carbonyl (C=O) groups is 2. The molecule has 0 spiro atoms. The summed E-state index contributed by atoms with van der Waals surface area (Å²) in [7, 11) is 0. The minimum Gasteiger partial charge on any atom is -0.353 e. The molecule has 6 heteroatoms. The summed E-state index contributed by atoms with van der Waals surface area (Å²) >= 11 is 0. The molecule has 2 aromatic rings. The molecule has 2 aliphatic rings. The fourth-order valence-corrected chi connectivity index (χ4v) is 3.65. The second-order valence-electron chi connectivity index (χ2n) is 7.31. The summed E-state index contributed by atoms with van der Waals surface area (Å²) < 4.78 is 0. The maximum absolute atomic E-state index is 12.7. The van der Waals surface area contributed by atoms with Gasteiger partial charge >= 0.3 is 0 Å². The highest BCUT2D eigenvalue weighted by Gasteiger charge is 2.49. The predicted octanol–water partition coefficient (Wildman–Crippen LogP) is 2.31. The largest absolute Gasteiger partial charge is 0.353 e. The topological polar surface area (TPSA) is 65.5 Å². The van der Waals surface area contributed by atoms with Crippen LogP contribution in [0.5, 0.6) is 0 Å². The molecule has 1 aliphatic carbocycles. The van der Waals surface area contributed by atoms with Crippen LogP contribution in [0.4, 0.5) is 11.5 Å². The van der Waals surface area contributed by atoms with E-state index in [9.17, 15) is 9.59 Å². The molecular weight excluding hydrogens is 340 g/mol. The molecule has 1 aromatic carbocycles. The van der Waals surface area contributed by atoms with Gasteiger partial charge in [0.1, 0.15) is 5.82 Å². The lowest BCUT2D eigenvalue weighted by Crippen LogP contribution is -2.49. The van der Waals surface area contributed by atoms with Crippen LogP contribution in [0.1, 0.15) is 12.0 Å². The Kier molecular flexibility index (Phi) is 4.79. The third-order valence-electron chi connectivity index (χ3n) is 5.29. The molecule has 1 N–H and O–H groups in total. The van der Waals surface area contributed by atoms with Crippen LogP contribution in [-0.2, 0) is 9.59 Å². The SMILES string of the molecule is Cc1cccc(NC(=O)C2CC2C(=O)N2CCN(c3ccccn3)CC2)c1. The van der Waals surface area contributed by atoms with E-state index in [2.05, 4.69) is 15.2 Å². The van der Waals surface area contributed by atoms with E-state index in [4.69, 9.17) is 0 Å². The Morgan fingerprint density at radius 2 is 1.85 bits per heavy atom. The van der Waals surface area contributed by atoms with Gasteiger partial charge in [-0.2, -0.15) is 0 Å². The van der Waals surface area contributed by atoms with E-state index in [0.29, 0.717) is 19.5 Å². The van der Waals surface area contributed by atoms with Crippen molar-refractivity contribution in [2.45, 2.75) is 13.3 Å². The summed E-state index contributed by atoms with van der Waals surface area (Å²) in [4.78, 5) is 33.6. The first kappa shape index (κ1) is 17.5. The average Bonchev–Trinajstić information content (AvgIpc) is 3.49. The van der Waals surface area contributed by atoms with Crippen molar-refractivity contribution in [1.82, 2.24) is 9.88 Å². The van der Waals surface area contributed by atoms with Gasteiger partial charge in [-0.1, -0.05) is 18.2 Å². The minimum absolute atomic E-state index is 0.0499. The zero-order valence-corrected chi connectivity index (χ0v) is 15.5. The molecule has 1 saturated carbocycles. The first-order chi connectivity index (χ1) is 13.1. The molecule has 140 valence electrons. The highest BCUT2D eigenvalue weighted by molar-refractivity contribution is 5.99. The van der Waals surface area contributed by atoms with Gasteiger partial charge in [-0.3, -0.25) is 9.59 Å². The molecule has 2 atom stereocenters. The zero-order chi connectivity index (χ0) is 18.8. The number of benzene rings is 1. The average molecular weight is 364 g/mol. The normalized spacial score (nSPS) is 21.7. The number of pyridine rings is 1. The summed E-state index contributed by atoms with van der Waals surface area (Å²) in [5, 5.41) is 2.93. The molecule has 4 rings (SSSR count). The standard InChI is InChI=1S/C21H24N4O2/c1-15-5-4-6-16(13-15)23-20(26)17-14-18(17)21(27)25-11-9-24(10-12-25)19-7-2-3-8-22-19/h2-8,13,17-18H,9-12,14H2,1H3,(H,23,26). The quantitative estimate of drug-likeness (QED) is 0.904. The monoisotopic (exact) mass is 364 g/mol. The van der Waals surface area contributed by atoms with Crippen LogP contribution in [0.3, 0.4) is 0 Å². The summed E-state index contributed by atoms with van der Waals surface area (Å²) in [5.74, 6) is 0.639. The summed E-state index contributed by atoms with van der Waals surface area (Å²) in [6, 6.07) is 13.6. The number of amides is 2. The molecule has 1 saturated heterocycles. The highest BCUT2D eigenvalue weighted by atomic mass is 16.2. The number of rotatable bonds is 4. The number of nitrogens with zero attached hydrogens (tertiary/aromatic N) is 3. The second kappa shape index (κ2) is 7.39. The Labute approximate surface area is 159 Å². The number of aryl methyl sites for hydroxylation is 1. The van der Waals surface area contributed by atoms with Crippen LogP contribution in [0.25, 0.3) is 0 Å². The van der Waals surface area contributed by atoms with Gasteiger partial charge in [-0.05, 0) is 43.2 Å². The molecule has 6 nitrogen and oxygen atoms in total. The fourth-order valence-electron chi connectivity index (χ4n) is 3.65. The van der Waals surface area contributed by atoms with Crippen LogP contribution in [0.2, 0.25) is 0 Å². The van der Waals surface area contributed by atoms with E-state index in [-0.39, 0.29) is 23.7 Å². The fraction of sp³-hybridized carbons (Fsp3) is 0.381. The molecule has 27 heavy (non-hydrogen) atoms. The summed E-state index contributed by atoms with van der Waals surface area (Å²) in [6.45, 7) is 4.89. The minimum atomic E-state index is -0.202. The molecule has 2 heterocycles. The van der Waals surface area contributed by atoms with Gasteiger partial charge in [0, 0.05) is 38.1 Å². The van der Waals surface area contributed by atoms with E-state index in [1.165, 1.54) is 0 Å². The van der Waals surface area contributed by atoms with Gasteiger partial charge < -0.3 is 15.1 Å². The van der Waals surface area contributed by atoms with Gasteiger partial charge in [0.05, 0.1) is 11.8 Å². The smallest absolute Gasteiger partial charge is 0.228 e. The third kappa shape index (κ3) is 3.94. The molecule has 0 radical (unpaired) electrons. The van der Waals surface area contributed by atoms with Crippen LogP contribution in [0.15, 0.2) is 48.7 Å². The molecular formula is C21H24N4O2. The second-order valence-corrected chi connectivity index (χ2v) is 7.31. The lowest BCUT2D eigenvalue weighted by Gasteiger charge is -2.35. The lowest BCUT2D eigenvalue weighted by atomic mass is 10.2. The molecule has 2 unspecified atom stereocenters. The van der Waals surface area contributed by atoms with Crippen LogP contribution < -0.4 is 10.2 Å². The maximum atomic E-state index is 12.7. The Balaban J connectivity index is 1.28. The molecule has 0 bridgehead atoms. The van der Waals surface area contributed by atoms with Gasteiger partial charge in [0.15, 0.2) is 0 Å². The van der Waals surface area contributed by atoms with Crippen molar-refractivity contribution in [3.63, 3.8) is 0 Å². The van der Waals surface area contributed by atoms with Gasteiger partial charge in [-0.25, -0.2) is 4.98 Å². The van der Waals surface area contributed by atoms with E-state index in [1.54, 1.807) is 6.20 Å². The molecule has 1 aliphatic heterocycles. The van der Waals surface area contributed by atoms with Crippen molar-refractivity contribution in [3.8, 4) is 0 Å². The van der Waals surface area contributed by atoms with Crippen molar-refractivity contribution in [2.24, 2.45) is 11.8 Å². The Morgan fingerprint density at radius 1 is 1.04 bits per heavy atom. The number of carbonyl (C=O) groups excluding carboxylic acids is 2. The Hall–Kier alpha value is -2.89. The van der Waals surface area contributed by atoms with Crippen molar-refractivity contribution in [2.75, 3.05) is 36.4 Å². The van der Waals surface area contributed by atoms with Gasteiger partial charge in [0.25, 0.3) is 0 Å². The molecule has 2 fully saturated rings. The maximum Gasteiger partial charge on any atom is 0.228 e. The zero-order valence-electron chi connectivity index (χ0n) is 15.5. The number of nitrogens with one attached hydrogen (secondary N) is 1. The van der Waals surface area contributed by atoms with E-state index >= 15 is 0 Å². The third-order valence-corrected chi connectivity index (χ3v) is 5.29. The number of hydrogen-bond donors (Lipinski definition) is 1. The molecule has 2 amide bonds. The predicted molar refractivity (Wildman–Crippen MR) is 104 cm³/mol. The van der Waals surface area contributed by atoms with Crippen LogP contribution in [-0.4, -0.2) is 47.9 Å². The van der Waals surface area contributed by atoms with Crippen molar-refractivity contribution in [1.29, 1.82) is 0 Å². The molecule has 1 aromatic heterocycles. The van der Waals surface area contributed by atoms with Crippen molar-refractivity contribution >= 4 is 23.3 Å². The number of hydrogen-bond acceptors (Lipinski definition) is 4. The number of anilines is 2. The number of piperazine rings is 1. The van der Waals surface area contributed by atoms with Crippen molar-refractivity contribution in [3.05, 3.63) is 54.2 Å². The van der Waals surface area contributed by atoms with Crippen LogP contribution >= 0.6 is 0 Å². The Bertz CT molecular complexity index is 831. The van der Waals surface area contributed by atoms with Gasteiger partial charge in [-0.15, -0.1) is 0 Å². The van der Waals surface area contributed by atoms with E-state index < -0.39 is 0 Å². The summed E-state index contributed by atoms with van der Waals surface area (Å²) in [5.41, 5.74) is 1.89. The number of aromatic nitrogens is 1. The lowest BCUT2D eigenvalue weighted by molar-refractivity contribution is -0.134. The highest BCUT2D eigenvalue weighted by Crippen LogP contribution is 2.41. The van der Waals surface area contributed by atoms with E-state index in [0.717, 1.165) is 30.2 Å². The summed E-state index contributed by atoms with van der Waals surface area (Å²) in [6.07, 6.45) is 2.44. The van der Waals surface area contributed by atoms with Crippen molar-refractivity contribution < 1.29 is 9.59 Å². The van der Waals surface area contributed by atoms with E-state index in [1.807, 2.05) is 54.3 Å². The first-order valence-electron chi connectivity index (χ1n) is 9.44. The van der Waals surface area contributed by atoms with Gasteiger partial charge in [0.2, 0.25) is 11.8 Å². The Morgan fingerprint density at radius 3 is 2.56 bits per heavy atom.